The zero-order valence-corrected chi connectivity index (χ0v) is 13.5. The quantitative estimate of drug-likeness (QED) is 0.736. The minimum absolute atomic E-state index is 0.0805. The van der Waals surface area contributed by atoms with Crippen LogP contribution in [0.3, 0.4) is 0 Å². The first-order valence-corrected chi connectivity index (χ1v) is 9.28. The van der Waals surface area contributed by atoms with Crippen molar-refractivity contribution in [3.05, 3.63) is 29.3 Å². The van der Waals surface area contributed by atoms with Gasteiger partial charge in [0.1, 0.15) is 12.4 Å². The number of carbonyl (C=O) groups excluding carboxylic acids is 1. The monoisotopic (exact) mass is 351 g/mol. The molecule has 1 amide bonds. The summed E-state index contributed by atoms with van der Waals surface area (Å²) in [7, 11) is 1.63. The lowest BCUT2D eigenvalue weighted by Gasteiger charge is -2.17. The molecule has 8 heteroatoms. The highest BCUT2D eigenvalue weighted by atomic mass is 35.7. The minimum atomic E-state index is -3.58. The smallest absolute Gasteiger partial charge is 0.232 e. The fourth-order valence-corrected chi connectivity index (χ4v) is 3.80. The average molecular weight is 352 g/mol. The van der Waals surface area contributed by atoms with Crippen LogP contribution in [0.5, 0.6) is 5.75 Å². The van der Waals surface area contributed by atoms with Crippen molar-refractivity contribution in [2.24, 2.45) is 5.92 Å². The molecule has 0 N–H and O–H groups in total. The van der Waals surface area contributed by atoms with Gasteiger partial charge in [-0.05, 0) is 12.1 Å². The molecule has 1 aliphatic heterocycles. The topological polar surface area (TPSA) is 63.7 Å². The van der Waals surface area contributed by atoms with E-state index in [2.05, 4.69) is 0 Å². The van der Waals surface area contributed by atoms with E-state index in [0.29, 0.717) is 30.5 Å². The molecule has 1 saturated heterocycles. The van der Waals surface area contributed by atoms with Gasteiger partial charge in [-0.1, -0.05) is 23.7 Å². The highest BCUT2D eigenvalue weighted by Crippen LogP contribution is 2.24. The molecule has 0 aliphatic carbocycles. The number of halogens is 2. The summed E-state index contributed by atoms with van der Waals surface area (Å²) in [6.45, 7) is 1.08. The number of benzene rings is 1. The van der Waals surface area contributed by atoms with Gasteiger partial charge in [0.25, 0.3) is 0 Å². The molecule has 0 saturated carbocycles. The molecular formula is C13H15Cl2NO4S. The third-order valence-electron chi connectivity index (χ3n) is 3.18. The molecule has 0 spiro atoms. The van der Waals surface area contributed by atoms with E-state index in [1.807, 2.05) is 6.07 Å². The Balaban J connectivity index is 1.81. The summed E-state index contributed by atoms with van der Waals surface area (Å²) in [5.41, 5.74) is 0. The predicted molar refractivity (Wildman–Crippen MR) is 81.3 cm³/mol. The van der Waals surface area contributed by atoms with E-state index < -0.39 is 9.05 Å². The predicted octanol–water partition coefficient (Wildman–Crippen LogP) is 2.14. The van der Waals surface area contributed by atoms with Crippen LogP contribution in [0, 0.1) is 5.92 Å². The van der Waals surface area contributed by atoms with Gasteiger partial charge in [0.2, 0.25) is 15.0 Å². The third-order valence-corrected chi connectivity index (χ3v) is 4.74. The van der Waals surface area contributed by atoms with E-state index in [4.69, 9.17) is 27.0 Å². The highest BCUT2D eigenvalue weighted by molar-refractivity contribution is 8.13. The maximum Gasteiger partial charge on any atom is 0.232 e. The summed E-state index contributed by atoms with van der Waals surface area (Å²) in [6.07, 6.45) is 0.206. The number of likely N-dealkylation sites (tertiary alicyclic amines) is 1. The number of nitrogens with zero attached hydrogens (tertiary/aromatic N) is 1. The van der Waals surface area contributed by atoms with Gasteiger partial charge >= 0.3 is 0 Å². The Labute approximate surface area is 133 Å². The number of hydrogen-bond donors (Lipinski definition) is 0. The summed E-state index contributed by atoms with van der Waals surface area (Å²) in [4.78, 5) is 13.4. The Morgan fingerprint density at radius 1 is 1.33 bits per heavy atom. The Hall–Kier alpha value is -0.980. The van der Waals surface area contributed by atoms with Crippen LogP contribution in [0.4, 0.5) is 0 Å². The Morgan fingerprint density at radius 3 is 2.71 bits per heavy atom. The van der Waals surface area contributed by atoms with E-state index in [1.54, 1.807) is 23.1 Å². The van der Waals surface area contributed by atoms with Crippen LogP contribution in [-0.2, 0) is 13.8 Å². The Morgan fingerprint density at radius 2 is 2.05 bits per heavy atom. The third kappa shape index (κ3) is 5.05. The average Bonchev–Trinajstić information content (AvgIpc) is 2.70. The molecule has 1 heterocycles. The lowest BCUT2D eigenvalue weighted by Crippen LogP contribution is -2.30. The second-order valence-electron chi connectivity index (χ2n) is 4.89. The molecule has 1 atom stereocenters. The summed E-state index contributed by atoms with van der Waals surface area (Å²) < 4.78 is 27.6. The zero-order valence-electron chi connectivity index (χ0n) is 11.2. The normalized spacial score (nSPS) is 19.0. The van der Waals surface area contributed by atoms with Crippen molar-refractivity contribution in [1.82, 2.24) is 4.90 Å². The zero-order chi connectivity index (χ0) is 15.5. The van der Waals surface area contributed by atoms with E-state index in [1.165, 1.54) is 0 Å². The van der Waals surface area contributed by atoms with Crippen molar-refractivity contribution in [2.45, 2.75) is 6.42 Å². The van der Waals surface area contributed by atoms with Crippen LogP contribution in [0.25, 0.3) is 0 Å². The van der Waals surface area contributed by atoms with Gasteiger partial charge in [0, 0.05) is 29.6 Å². The first kappa shape index (κ1) is 16.4. The number of carbonyl (C=O) groups is 1. The van der Waals surface area contributed by atoms with E-state index >= 15 is 0 Å². The van der Waals surface area contributed by atoms with E-state index in [9.17, 15) is 13.2 Å². The molecule has 1 aromatic rings. The fraction of sp³-hybridized carbons (Fsp3) is 0.462. The summed E-state index contributed by atoms with van der Waals surface area (Å²) in [6, 6.07) is 7.08. The van der Waals surface area contributed by atoms with Gasteiger partial charge in [-0.25, -0.2) is 8.42 Å². The molecule has 2 rings (SSSR count). The molecule has 5 nitrogen and oxygen atoms in total. The van der Waals surface area contributed by atoms with Crippen LogP contribution in [0.2, 0.25) is 5.02 Å². The molecule has 0 bridgehead atoms. The van der Waals surface area contributed by atoms with E-state index in [0.717, 1.165) is 0 Å². The Bertz CT molecular complexity index is 620. The van der Waals surface area contributed by atoms with Gasteiger partial charge in [0.15, 0.2) is 0 Å². The summed E-state index contributed by atoms with van der Waals surface area (Å²) in [5.74, 6) is 0.0522. The number of rotatable bonds is 6. The maximum atomic E-state index is 11.8. The molecule has 0 radical (unpaired) electrons. The SMILES string of the molecule is O=C1CC(CS(=O)(=O)Cl)CN1CCOc1ccccc1Cl. The lowest BCUT2D eigenvalue weighted by atomic mass is 10.1. The Kier molecular flexibility index (Phi) is 5.35. The number of amides is 1. The molecule has 21 heavy (non-hydrogen) atoms. The number of ether oxygens (including phenoxy) is 1. The van der Waals surface area contributed by atoms with Gasteiger partial charge < -0.3 is 9.64 Å². The number of para-hydroxylation sites is 1. The molecule has 1 aromatic carbocycles. The van der Waals surface area contributed by atoms with Crippen LogP contribution in [0.1, 0.15) is 6.42 Å². The van der Waals surface area contributed by atoms with Crippen LogP contribution in [-0.4, -0.2) is 44.7 Å². The molecule has 1 aliphatic rings. The van der Waals surface area contributed by atoms with Crippen LogP contribution >= 0.6 is 22.3 Å². The van der Waals surface area contributed by atoms with Crippen molar-refractivity contribution in [3.63, 3.8) is 0 Å². The van der Waals surface area contributed by atoms with Gasteiger partial charge in [0.05, 0.1) is 17.3 Å². The van der Waals surface area contributed by atoms with Gasteiger partial charge in [-0.3, -0.25) is 4.79 Å². The number of hydrogen-bond acceptors (Lipinski definition) is 4. The standard InChI is InChI=1S/C13H15Cl2NO4S/c14-11-3-1-2-4-12(11)20-6-5-16-8-10(7-13(16)17)9-21(15,18)19/h1-4,10H,5-9H2. The molecule has 1 fully saturated rings. The second kappa shape index (κ2) is 6.85. The van der Waals surface area contributed by atoms with Crippen molar-refractivity contribution in [3.8, 4) is 5.75 Å². The van der Waals surface area contributed by atoms with Crippen LogP contribution < -0.4 is 4.74 Å². The second-order valence-corrected chi connectivity index (χ2v) is 8.12. The molecular weight excluding hydrogens is 337 g/mol. The largest absolute Gasteiger partial charge is 0.490 e. The van der Waals surface area contributed by atoms with Crippen molar-refractivity contribution < 1.29 is 17.9 Å². The molecule has 1 unspecified atom stereocenters. The summed E-state index contributed by atoms with van der Waals surface area (Å²) in [5, 5.41) is 0.511. The van der Waals surface area contributed by atoms with Gasteiger partial charge in [-0.15, -0.1) is 0 Å². The van der Waals surface area contributed by atoms with Crippen molar-refractivity contribution in [1.29, 1.82) is 0 Å². The fourth-order valence-electron chi connectivity index (χ4n) is 2.29. The summed E-state index contributed by atoms with van der Waals surface area (Å²) >= 11 is 5.96. The van der Waals surface area contributed by atoms with Crippen molar-refractivity contribution >= 4 is 37.2 Å². The highest BCUT2D eigenvalue weighted by Gasteiger charge is 2.32. The van der Waals surface area contributed by atoms with Crippen LogP contribution in [0.15, 0.2) is 24.3 Å². The lowest BCUT2D eigenvalue weighted by molar-refractivity contribution is -0.128. The van der Waals surface area contributed by atoms with Gasteiger partial charge in [-0.2, -0.15) is 0 Å². The molecule has 0 aromatic heterocycles. The first-order valence-electron chi connectivity index (χ1n) is 6.42. The van der Waals surface area contributed by atoms with E-state index in [-0.39, 0.29) is 24.0 Å². The maximum absolute atomic E-state index is 11.8. The van der Waals surface area contributed by atoms with Crippen molar-refractivity contribution in [2.75, 3.05) is 25.4 Å². The first-order chi connectivity index (χ1) is 9.85. The molecule has 116 valence electrons. The minimum Gasteiger partial charge on any atom is -0.490 e.